The standard InChI is InChI=1S/C13H27NOS/c1-7-14-11-10(8-9-13(11,5)6)16(15)12(2,3)4/h10-11,14H,7-9H2,1-6H3. The van der Waals surface area contributed by atoms with Gasteiger partial charge in [0.05, 0.1) is 5.25 Å². The summed E-state index contributed by atoms with van der Waals surface area (Å²) < 4.78 is 12.4. The average molecular weight is 245 g/mol. The minimum atomic E-state index is -0.753. The predicted octanol–water partition coefficient (Wildman–Crippen LogP) is 2.70. The van der Waals surface area contributed by atoms with Gasteiger partial charge in [0.15, 0.2) is 0 Å². The van der Waals surface area contributed by atoms with E-state index in [0.717, 1.165) is 13.0 Å². The Morgan fingerprint density at radius 3 is 2.38 bits per heavy atom. The van der Waals surface area contributed by atoms with Gasteiger partial charge >= 0.3 is 0 Å². The maximum atomic E-state index is 12.5. The third kappa shape index (κ3) is 2.86. The van der Waals surface area contributed by atoms with Gasteiger partial charge in [-0.05, 0) is 45.6 Å². The minimum absolute atomic E-state index is 0.0985. The van der Waals surface area contributed by atoms with Gasteiger partial charge < -0.3 is 5.32 Å². The third-order valence-corrected chi connectivity index (χ3v) is 5.85. The van der Waals surface area contributed by atoms with E-state index in [1.165, 1.54) is 6.42 Å². The largest absolute Gasteiger partial charge is 0.313 e. The summed E-state index contributed by atoms with van der Waals surface area (Å²) in [5.74, 6) is 0. The van der Waals surface area contributed by atoms with E-state index >= 15 is 0 Å². The fraction of sp³-hybridized carbons (Fsp3) is 1.00. The van der Waals surface area contributed by atoms with Gasteiger partial charge in [-0.25, -0.2) is 0 Å². The lowest BCUT2D eigenvalue weighted by Gasteiger charge is -2.33. The Kier molecular flexibility index (Phi) is 4.23. The van der Waals surface area contributed by atoms with Crippen LogP contribution in [0.25, 0.3) is 0 Å². The highest BCUT2D eigenvalue weighted by Gasteiger charge is 2.46. The topological polar surface area (TPSA) is 29.1 Å². The lowest BCUT2D eigenvalue weighted by Crippen LogP contribution is -2.48. The van der Waals surface area contributed by atoms with Crippen LogP contribution >= 0.6 is 0 Å². The Morgan fingerprint density at radius 1 is 1.38 bits per heavy atom. The Labute approximate surface area is 103 Å². The maximum absolute atomic E-state index is 12.5. The van der Waals surface area contributed by atoms with Crippen molar-refractivity contribution in [1.82, 2.24) is 5.32 Å². The van der Waals surface area contributed by atoms with E-state index in [2.05, 4.69) is 46.9 Å². The molecule has 0 aromatic carbocycles. The van der Waals surface area contributed by atoms with E-state index < -0.39 is 10.8 Å². The van der Waals surface area contributed by atoms with Crippen LogP contribution < -0.4 is 5.32 Å². The lowest BCUT2D eigenvalue weighted by atomic mass is 9.87. The normalized spacial score (nSPS) is 31.6. The highest BCUT2D eigenvalue weighted by Crippen LogP contribution is 2.41. The molecule has 16 heavy (non-hydrogen) atoms. The van der Waals surface area contributed by atoms with Crippen molar-refractivity contribution in [2.45, 2.75) is 70.4 Å². The van der Waals surface area contributed by atoms with Crippen molar-refractivity contribution in [3.63, 3.8) is 0 Å². The molecule has 0 spiro atoms. The average Bonchev–Trinajstić information content (AvgIpc) is 2.41. The fourth-order valence-electron chi connectivity index (χ4n) is 2.65. The summed E-state index contributed by atoms with van der Waals surface area (Å²) in [6.07, 6.45) is 2.27. The Morgan fingerprint density at radius 2 is 1.94 bits per heavy atom. The van der Waals surface area contributed by atoms with Crippen molar-refractivity contribution in [3.05, 3.63) is 0 Å². The molecular formula is C13H27NOS. The second-order valence-corrected chi connectivity index (χ2v) is 8.94. The van der Waals surface area contributed by atoms with Crippen LogP contribution in [0.2, 0.25) is 0 Å². The van der Waals surface area contributed by atoms with Crippen LogP contribution in [0.15, 0.2) is 0 Å². The SMILES string of the molecule is CCNC1C(S(=O)C(C)(C)C)CCC1(C)C. The number of rotatable bonds is 3. The maximum Gasteiger partial charge on any atom is 0.0511 e. The summed E-state index contributed by atoms with van der Waals surface area (Å²) in [6.45, 7) is 13.9. The summed E-state index contributed by atoms with van der Waals surface area (Å²) in [7, 11) is -0.753. The summed E-state index contributed by atoms with van der Waals surface area (Å²) in [4.78, 5) is 0. The molecule has 1 aliphatic carbocycles. The van der Waals surface area contributed by atoms with E-state index in [4.69, 9.17) is 0 Å². The quantitative estimate of drug-likeness (QED) is 0.828. The van der Waals surface area contributed by atoms with Crippen molar-refractivity contribution in [2.75, 3.05) is 6.54 Å². The van der Waals surface area contributed by atoms with Crippen LogP contribution in [0.1, 0.15) is 54.4 Å². The zero-order valence-electron chi connectivity index (χ0n) is 11.6. The second kappa shape index (κ2) is 4.77. The van der Waals surface area contributed by atoms with Gasteiger partial charge in [0.1, 0.15) is 0 Å². The molecule has 0 amide bonds. The molecule has 2 nitrogen and oxygen atoms in total. The van der Waals surface area contributed by atoms with Gasteiger partial charge in [0.2, 0.25) is 0 Å². The monoisotopic (exact) mass is 245 g/mol. The zero-order valence-corrected chi connectivity index (χ0v) is 12.4. The summed E-state index contributed by atoms with van der Waals surface area (Å²) in [5.41, 5.74) is 0.279. The van der Waals surface area contributed by atoms with Gasteiger partial charge in [-0.15, -0.1) is 0 Å². The third-order valence-electron chi connectivity index (χ3n) is 3.59. The lowest BCUT2D eigenvalue weighted by molar-refractivity contribution is 0.289. The molecule has 96 valence electrons. The Hall–Kier alpha value is 0.110. The summed E-state index contributed by atoms with van der Waals surface area (Å²) in [5, 5.41) is 3.86. The summed E-state index contributed by atoms with van der Waals surface area (Å²) >= 11 is 0. The minimum Gasteiger partial charge on any atom is -0.313 e. The first kappa shape index (κ1) is 14.2. The molecule has 0 aromatic rings. The van der Waals surface area contributed by atoms with Crippen LogP contribution in [0, 0.1) is 5.41 Å². The number of hydrogen-bond donors (Lipinski definition) is 1. The molecule has 1 saturated carbocycles. The first-order valence-electron chi connectivity index (χ1n) is 6.34. The van der Waals surface area contributed by atoms with Gasteiger partial charge in [0, 0.05) is 21.6 Å². The molecule has 0 bridgehead atoms. The molecule has 3 heteroatoms. The molecule has 1 N–H and O–H groups in total. The van der Waals surface area contributed by atoms with Crippen LogP contribution in [-0.4, -0.2) is 26.8 Å². The van der Waals surface area contributed by atoms with Crippen LogP contribution in [-0.2, 0) is 10.8 Å². The molecular weight excluding hydrogens is 218 g/mol. The number of nitrogens with one attached hydrogen (secondary N) is 1. The molecule has 0 aliphatic heterocycles. The fourth-order valence-corrected chi connectivity index (χ4v) is 4.60. The molecule has 1 aliphatic rings. The number of hydrogen-bond acceptors (Lipinski definition) is 2. The van der Waals surface area contributed by atoms with E-state index in [9.17, 15) is 4.21 Å². The van der Waals surface area contributed by atoms with Crippen LogP contribution in [0.4, 0.5) is 0 Å². The molecule has 1 rings (SSSR count). The van der Waals surface area contributed by atoms with Crippen molar-refractivity contribution in [2.24, 2.45) is 5.41 Å². The van der Waals surface area contributed by atoms with Crippen molar-refractivity contribution in [3.8, 4) is 0 Å². The highest BCUT2D eigenvalue weighted by atomic mass is 32.2. The molecule has 1 fully saturated rings. The smallest absolute Gasteiger partial charge is 0.0511 e. The molecule has 0 heterocycles. The Balaban J connectivity index is 2.85. The molecule has 0 aromatic heterocycles. The van der Waals surface area contributed by atoms with E-state index in [1.807, 2.05) is 0 Å². The van der Waals surface area contributed by atoms with Gasteiger partial charge in [0.25, 0.3) is 0 Å². The van der Waals surface area contributed by atoms with Crippen molar-refractivity contribution < 1.29 is 4.21 Å². The van der Waals surface area contributed by atoms with Crippen LogP contribution in [0.3, 0.4) is 0 Å². The van der Waals surface area contributed by atoms with Crippen LogP contribution in [0.5, 0.6) is 0 Å². The van der Waals surface area contributed by atoms with E-state index in [-0.39, 0.29) is 10.2 Å². The molecule has 3 atom stereocenters. The first-order valence-corrected chi connectivity index (χ1v) is 7.55. The molecule has 0 saturated heterocycles. The van der Waals surface area contributed by atoms with Gasteiger partial charge in [-0.3, -0.25) is 4.21 Å². The predicted molar refractivity (Wildman–Crippen MR) is 72.2 cm³/mol. The van der Waals surface area contributed by atoms with E-state index in [1.54, 1.807) is 0 Å². The molecule has 0 radical (unpaired) electrons. The Bertz CT molecular complexity index is 268. The van der Waals surface area contributed by atoms with Gasteiger partial charge in [-0.2, -0.15) is 0 Å². The van der Waals surface area contributed by atoms with Crippen molar-refractivity contribution in [1.29, 1.82) is 0 Å². The molecule has 3 unspecified atom stereocenters. The zero-order chi connectivity index (χ0) is 12.6. The van der Waals surface area contributed by atoms with E-state index in [0.29, 0.717) is 11.3 Å². The first-order chi connectivity index (χ1) is 7.20. The van der Waals surface area contributed by atoms with Gasteiger partial charge in [-0.1, -0.05) is 20.8 Å². The summed E-state index contributed by atoms with van der Waals surface area (Å²) in [6, 6.07) is 0.401. The second-order valence-electron chi connectivity index (χ2n) is 6.51. The van der Waals surface area contributed by atoms with Crippen molar-refractivity contribution >= 4 is 10.8 Å². The highest BCUT2D eigenvalue weighted by molar-refractivity contribution is 7.87.